The van der Waals surface area contributed by atoms with Gasteiger partial charge in [0.25, 0.3) is 0 Å². The van der Waals surface area contributed by atoms with E-state index >= 15 is 0 Å². The van der Waals surface area contributed by atoms with Gasteiger partial charge in [-0.25, -0.2) is 0 Å². The second-order valence-electron chi connectivity index (χ2n) is 3.95. The van der Waals surface area contributed by atoms with Crippen molar-refractivity contribution in [2.24, 2.45) is 0 Å². The summed E-state index contributed by atoms with van der Waals surface area (Å²) in [6, 6.07) is 0.403. The van der Waals surface area contributed by atoms with Gasteiger partial charge in [-0.1, -0.05) is 44.2 Å². The zero-order valence-corrected chi connectivity index (χ0v) is 10.6. The molecule has 0 bridgehead atoms. The van der Waals surface area contributed by atoms with E-state index in [0.717, 1.165) is 26.1 Å². The van der Waals surface area contributed by atoms with Crippen molar-refractivity contribution in [3.8, 4) is 0 Å². The van der Waals surface area contributed by atoms with Gasteiger partial charge in [0.15, 0.2) is 0 Å². The maximum atomic E-state index is 5.14. The maximum Gasteiger partial charge on any atom is 0.0590 e. The van der Waals surface area contributed by atoms with Crippen LogP contribution >= 0.6 is 0 Å². The first-order chi connectivity index (χ1) is 7.81. The molecule has 1 unspecified atom stereocenters. The summed E-state index contributed by atoms with van der Waals surface area (Å²) in [6.45, 7) is 7.20. The molecule has 0 saturated carbocycles. The molecule has 0 aromatic rings. The van der Waals surface area contributed by atoms with Gasteiger partial charge in [-0.05, 0) is 18.5 Å². The molecule has 2 nitrogen and oxygen atoms in total. The Kier molecular flexibility index (Phi) is 6.12. The van der Waals surface area contributed by atoms with Gasteiger partial charge in [-0.2, -0.15) is 0 Å². The fourth-order valence-corrected chi connectivity index (χ4v) is 1.84. The van der Waals surface area contributed by atoms with E-state index in [1.54, 1.807) is 7.11 Å². The molecule has 0 aliphatic heterocycles. The molecule has 2 heteroatoms. The van der Waals surface area contributed by atoms with Crippen molar-refractivity contribution in [2.75, 3.05) is 26.8 Å². The van der Waals surface area contributed by atoms with Crippen LogP contribution in [-0.2, 0) is 4.74 Å². The smallest absolute Gasteiger partial charge is 0.0590 e. The van der Waals surface area contributed by atoms with Gasteiger partial charge in [0.2, 0.25) is 0 Å². The molecule has 1 rings (SSSR count). The Labute approximate surface area is 99.3 Å². The fourth-order valence-electron chi connectivity index (χ4n) is 1.84. The Morgan fingerprint density at radius 3 is 2.75 bits per heavy atom. The van der Waals surface area contributed by atoms with Gasteiger partial charge < -0.3 is 4.74 Å². The largest absolute Gasteiger partial charge is 0.383 e. The molecule has 0 amide bonds. The van der Waals surface area contributed by atoms with Crippen LogP contribution in [0.5, 0.6) is 0 Å². The highest BCUT2D eigenvalue weighted by molar-refractivity contribution is 5.30. The molecule has 1 atom stereocenters. The highest BCUT2D eigenvalue weighted by Gasteiger charge is 2.11. The van der Waals surface area contributed by atoms with Crippen molar-refractivity contribution >= 4 is 0 Å². The Bertz CT molecular complexity index is 278. The first-order valence-electron chi connectivity index (χ1n) is 6.10. The standard InChI is InChI=1S/C14H23NO/c1-4-13-7-6-8-14(10-9-13)15(5-2)11-12-16-3/h6-10,14H,4-5,11-12H2,1-3H3. The zero-order chi connectivity index (χ0) is 11.8. The maximum absolute atomic E-state index is 5.14. The number of hydrogen-bond donors (Lipinski definition) is 0. The van der Waals surface area contributed by atoms with E-state index < -0.39 is 0 Å². The molecule has 0 spiro atoms. The molecule has 0 radical (unpaired) electrons. The molecule has 0 aromatic heterocycles. The lowest BCUT2D eigenvalue weighted by Crippen LogP contribution is -2.35. The number of methoxy groups -OCH3 is 1. The molecular weight excluding hydrogens is 198 g/mol. The summed E-state index contributed by atoms with van der Waals surface area (Å²) in [7, 11) is 1.75. The van der Waals surface area contributed by atoms with Gasteiger partial charge >= 0.3 is 0 Å². The van der Waals surface area contributed by atoms with Gasteiger partial charge in [-0.15, -0.1) is 0 Å². The normalized spacial score (nSPS) is 20.0. The second-order valence-corrected chi connectivity index (χ2v) is 3.95. The second kappa shape index (κ2) is 7.42. The molecule has 1 aliphatic rings. The summed E-state index contributed by atoms with van der Waals surface area (Å²) in [5.41, 5.74) is 1.39. The number of allylic oxidation sites excluding steroid dienone is 4. The quantitative estimate of drug-likeness (QED) is 0.684. The summed E-state index contributed by atoms with van der Waals surface area (Å²) in [6.07, 6.45) is 12.2. The van der Waals surface area contributed by atoms with Crippen molar-refractivity contribution in [3.63, 3.8) is 0 Å². The molecule has 0 heterocycles. The summed E-state index contributed by atoms with van der Waals surface area (Å²) in [5, 5.41) is 0. The predicted octanol–water partition coefficient (Wildman–Crippen LogP) is 2.79. The van der Waals surface area contributed by atoms with Crippen molar-refractivity contribution in [1.29, 1.82) is 0 Å². The molecule has 1 aliphatic carbocycles. The number of rotatable bonds is 6. The molecule has 0 fully saturated rings. The van der Waals surface area contributed by atoms with Crippen LogP contribution in [0.25, 0.3) is 0 Å². The van der Waals surface area contributed by atoms with Crippen LogP contribution in [0.1, 0.15) is 20.3 Å². The van der Waals surface area contributed by atoms with E-state index in [9.17, 15) is 0 Å². The molecule has 0 N–H and O–H groups in total. The summed E-state index contributed by atoms with van der Waals surface area (Å²) in [4.78, 5) is 2.41. The van der Waals surface area contributed by atoms with Crippen LogP contribution in [-0.4, -0.2) is 37.7 Å². The fraction of sp³-hybridized carbons (Fsp3) is 0.571. The number of likely N-dealkylation sites (N-methyl/N-ethyl adjacent to an activating group) is 1. The van der Waals surface area contributed by atoms with E-state index in [4.69, 9.17) is 4.74 Å². The van der Waals surface area contributed by atoms with E-state index in [1.807, 2.05) is 0 Å². The van der Waals surface area contributed by atoms with Crippen molar-refractivity contribution < 1.29 is 4.74 Å². The predicted molar refractivity (Wildman–Crippen MR) is 69.6 cm³/mol. The Balaban J connectivity index is 2.60. The van der Waals surface area contributed by atoms with E-state index in [0.29, 0.717) is 6.04 Å². The third kappa shape index (κ3) is 3.95. The topological polar surface area (TPSA) is 12.5 Å². The average Bonchev–Trinajstić information content (AvgIpc) is 2.55. The molecule has 90 valence electrons. The zero-order valence-electron chi connectivity index (χ0n) is 10.6. The highest BCUT2D eigenvalue weighted by Crippen LogP contribution is 2.12. The number of hydrogen-bond acceptors (Lipinski definition) is 2. The Hall–Kier alpha value is -0.860. The number of nitrogens with zero attached hydrogens (tertiary/aromatic N) is 1. The monoisotopic (exact) mass is 221 g/mol. The Morgan fingerprint density at radius 2 is 2.12 bits per heavy atom. The van der Waals surface area contributed by atoms with Gasteiger partial charge in [0.1, 0.15) is 0 Å². The summed E-state index contributed by atoms with van der Waals surface area (Å²) >= 11 is 0. The van der Waals surface area contributed by atoms with Crippen molar-refractivity contribution in [2.45, 2.75) is 26.3 Å². The van der Waals surface area contributed by atoms with Crippen molar-refractivity contribution in [1.82, 2.24) is 4.90 Å². The van der Waals surface area contributed by atoms with Gasteiger partial charge in [0.05, 0.1) is 6.61 Å². The van der Waals surface area contributed by atoms with Crippen LogP contribution in [0.4, 0.5) is 0 Å². The minimum absolute atomic E-state index is 0.403. The molecule has 16 heavy (non-hydrogen) atoms. The lowest BCUT2D eigenvalue weighted by Gasteiger charge is -2.25. The molecular formula is C14H23NO. The van der Waals surface area contributed by atoms with Crippen molar-refractivity contribution in [3.05, 3.63) is 36.0 Å². The van der Waals surface area contributed by atoms with Crippen LogP contribution in [0.2, 0.25) is 0 Å². The molecule has 0 aromatic carbocycles. The SMILES string of the molecule is CCC1=CC=CC(N(CC)CCOC)C=C1. The van der Waals surface area contributed by atoms with Crippen LogP contribution < -0.4 is 0 Å². The lowest BCUT2D eigenvalue weighted by molar-refractivity contribution is 0.146. The first kappa shape index (κ1) is 13.2. The van der Waals surface area contributed by atoms with Crippen LogP contribution in [0.3, 0.4) is 0 Å². The first-order valence-corrected chi connectivity index (χ1v) is 6.10. The summed E-state index contributed by atoms with van der Waals surface area (Å²) < 4.78 is 5.14. The lowest BCUT2D eigenvalue weighted by atomic mass is 10.1. The van der Waals surface area contributed by atoms with Gasteiger partial charge in [-0.3, -0.25) is 4.90 Å². The highest BCUT2D eigenvalue weighted by atomic mass is 16.5. The minimum Gasteiger partial charge on any atom is -0.383 e. The third-order valence-electron chi connectivity index (χ3n) is 2.94. The number of ether oxygens (including phenoxy) is 1. The Morgan fingerprint density at radius 1 is 1.31 bits per heavy atom. The summed E-state index contributed by atoms with van der Waals surface area (Å²) in [5.74, 6) is 0. The van der Waals surface area contributed by atoms with Crippen LogP contribution in [0, 0.1) is 0 Å². The van der Waals surface area contributed by atoms with E-state index in [2.05, 4.69) is 49.1 Å². The van der Waals surface area contributed by atoms with E-state index in [-0.39, 0.29) is 0 Å². The minimum atomic E-state index is 0.403. The van der Waals surface area contributed by atoms with Gasteiger partial charge in [0, 0.05) is 19.7 Å². The molecule has 0 saturated heterocycles. The average molecular weight is 221 g/mol. The van der Waals surface area contributed by atoms with Crippen LogP contribution in [0.15, 0.2) is 36.0 Å². The van der Waals surface area contributed by atoms with E-state index in [1.165, 1.54) is 5.57 Å². The third-order valence-corrected chi connectivity index (χ3v) is 2.94.